The monoisotopic (exact) mass is 520 g/mol. The lowest BCUT2D eigenvalue weighted by molar-refractivity contribution is -0.569. The van der Waals surface area contributed by atoms with Crippen LogP contribution in [-0.2, 0) is 20.0 Å². The second-order valence-corrected chi connectivity index (χ2v) is 9.59. The molecule has 1 aromatic heterocycles. The van der Waals surface area contributed by atoms with E-state index in [2.05, 4.69) is 25.9 Å². The molecule has 0 N–H and O–H groups in total. The predicted molar refractivity (Wildman–Crippen MR) is 83.6 cm³/mol. The smallest absolute Gasteiger partial charge is 0.425 e. The van der Waals surface area contributed by atoms with Crippen molar-refractivity contribution in [3.8, 4) is 0 Å². The first-order valence-corrected chi connectivity index (χ1v) is 10.4. The molecule has 1 aromatic rings. The first kappa shape index (κ1) is 28.5. The molecule has 0 saturated heterocycles. The van der Waals surface area contributed by atoms with E-state index < -0.39 is 42.9 Å². The van der Waals surface area contributed by atoms with Gasteiger partial charge in [-0.1, -0.05) is 11.3 Å². The molecule has 30 heavy (non-hydrogen) atoms. The van der Waals surface area contributed by atoms with Gasteiger partial charge in [-0.2, -0.15) is 48.5 Å². The van der Waals surface area contributed by atoms with E-state index in [-0.39, 0.29) is 0 Å². The van der Waals surface area contributed by atoms with Crippen molar-refractivity contribution in [1.29, 1.82) is 0 Å². The quantitative estimate of drug-likeness (QED) is 0.433. The Balaban J connectivity index is 0.000000769. The third-order valence-electron chi connectivity index (χ3n) is 2.94. The maximum Gasteiger partial charge on any atom is 0.467 e. The van der Waals surface area contributed by atoms with Crippen molar-refractivity contribution in [2.24, 2.45) is 0 Å². The van der Waals surface area contributed by atoms with Gasteiger partial charge in [0.1, 0.15) is 0 Å². The highest BCUT2D eigenvalue weighted by Gasteiger charge is 2.68. The Morgan fingerprint density at radius 2 is 1.20 bits per heavy atom. The van der Waals surface area contributed by atoms with E-state index in [4.69, 9.17) is 0 Å². The molecule has 19 heteroatoms. The van der Waals surface area contributed by atoms with Crippen LogP contribution in [0.4, 0.5) is 43.9 Å². The van der Waals surface area contributed by atoms with Crippen LogP contribution in [0.3, 0.4) is 0 Å². The van der Waals surface area contributed by atoms with Crippen LogP contribution in [0.15, 0.2) is 12.1 Å². The molecule has 6 nitrogen and oxygen atoms in total. The van der Waals surface area contributed by atoms with Crippen LogP contribution >= 0.6 is 11.3 Å². The average Bonchev–Trinajstić information content (AvgIpc) is 2.83. The van der Waals surface area contributed by atoms with Gasteiger partial charge in [-0.3, -0.25) is 0 Å². The van der Waals surface area contributed by atoms with Gasteiger partial charge in [-0.15, -0.1) is 0 Å². The second-order valence-electron chi connectivity index (χ2n) is 5.01. The summed E-state index contributed by atoms with van der Waals surface area (Å²) in [7, 11) is -15.2. The zero-order valence-electron chi connectivity index (χ0n) is 14.4. The highest BCUT2D eigenvalue weighted by atomic mass is 32.3. The molecule has 0 spiro atoms. The van der Waals surface area contributed by atoms with E-state index in [1.165, 1.54) is 10.6 Å². The van der Waals surface area contributed by atoms with Crippen molar-refractivity contribution in [1.82, 2.24) is 0 Å². The van der Waals surface area contributed by atoms with E-state index in [9.17, 15) is 60.7 Å². The molecule has 176 valence electrons. The van der Waals surface area contributed by atoms with Gasteiger partial charge in [0, 0.05) is 6.92 Å². The molecule has 1 heterocycles. The molecular weight excluding hydrogens is 510 g/mol. The summed E-state index contributed by atoms with van der Waals surface area (Å²) >= 11 is 1.75. The third kappa shape index (κ3) is 5.61. The number of hydrogen-bond acceptors (Lipinski definition) is 5. The Kier molecular flexibility index (Phi) is 8.16. The molecule has 0 aromatic carbocycles. The maximum absolute atomic E-state index is 12.3. The lowest BCUT2D eigenvalue weighted by Crippen LogP contribution is -2.48. The topological polar surface area (TPSA) is 86.3 Å². The second kappa shape index (κ2) is 8.58. The number of aryl methyl sites for hydroxylation is 1. The molecule has 0 amide bonds. The van der Waals surface area contributed by atoms with Crippen LogP contribution in [-0.4, -0.2) is 39.7 Å². The Labute approximate surface area is 166 Å². The highest BCUT2D eigenvalue weighted by molar-refractivity contribution is 8.13. The summed E-state index contributed by atoms with van der Waals surface area (Å²) in [6.07, 6.45) is -12.2. The molecule has 0 atom stereocenters. The van der Waals surface area contributed by atoms with Gasteiger partial charge in [0.25, 0.3) is 0 Å². The Morgan fingerprint density at radius 1 is 0.867 bits per heavy atom. The summed E-state index contributed by atoms with van der Waals surface area (Å²) in [6, 6.07) is 0. The molecule has 0 aliphatic carbocycles. The summed E-state index contributed by atoms with van der Waals surface area (Å²) in [6.45, 7) is 7.88. The molecule has 0 bridgehead atoms. The summed E-state index contributed by atoms with van der Waals surface area (Å²) in [5.41, 5.74) is 3.34. The summed E-state index contributed by atoms with van der Waals surface area (Å²) in [5.74, 6) is 0. The lowest BCUT2D eigenvalue weighted by atomic mass is 10.4. The van der Waals surface area contributed by atoms with Crippen LogP contribution < -0.4 is 4.57 Å². The van der Waals surface area contributed by atoms with E-state index in [0.717, 1.165) is 0 Å². The minimum absolute atomic E-state index is 0.422. The average molecular weight is 520 g/mol. The van der Waals surface area contributed by atoms with Gasteiger partial charge in [-0.05, 0) is 13.5 Å². The SMILES string of the molecule is C=C[n+]1csc(C)c1C.O=S(=O)([N-]S(=O)(=O)C(F)(F)C(F)(F)F)C(F)(F)C(F)(F)F. The van der Waals surface area contributed by atoms with Crippen LogP contribution in [0.2, 0.25) is 0 Å². The van der Waals surface area contributed by atoms with Crippen molar-refractivity contribution in [3.05, 3.63) is 26.8 Å². The van der Waals surface area contributed by atoms with Crippen LogP contribution in [0, 0.1) is 13.8 Å². The summed E-state index contributed by atoms with van der Waals surface area (Å²) < 4.78 is 163. The molecule has 0 saturated carbocycles. The van der Waals surface area contributed by atoms with Gasteiger partial charge in [0.15, 0.2) is 31.9 Å². The van der Waals surface area contributed by atoms with Gasteiger partial charge in [0.05, 0.1) is 4.88 Å². The molecule has 0 fully saturated rings. The zero-order chi connectivity index (χ0) is 24.6. The Morgan fingerprint density at radius 3 is 1.37 bits per heavy atom. The number of nitrogens with zero attached hydrogens (tertiary/aromatic N) is 2. The number of halogens is 10. The van der Waals surface area contributed by atoms with Gasteiger partial charge in [0.2, 0.25) is 5.51 Å². The van der Waals surface area contributed by atoms with Gasteiger partial charge in [-0.25, -0.2) is 16.8 Å². The minimum Gasteiger partial charge on any atom is -0.425 e. The van der Waals surface area contributed by atoms with Gasteiger partial charge >= 0.3 is 22.9 Å². The number of hydrogen-bond donors (Lipinski definition) is 0. The summed E-state index contributed by atoms with van der Waals surface area (Å²) in [4.78, 5) is 1.36. The van der Waals surface area contributed by atoms with E-state index >= 15 is 0 Å². The van der Waals surface area contributed by atoms with Gasteiger partial charge < -0.3 is 4.13 Å². The largest absolute Gasteiger partial charge is 0.467 e. The van der Waals surface area contributed by atoms with Crippen molar-refractivity contribution in [2.45, 2.75) is 36.7 Å². The Hall–Kier alpha value is -1.47. The van der Waals surface area contributed by atoms with Crippen LogP contribution in [0.5, 0.6) is 0 Å². The molecule has 0 aliphatic heterocycles. The lowest BCUT2D eigenvalue weighted by Gasteiger charge is -2.31. The van der Waals surface area contributed by atoms with E-state index in [0.29, 0.717) is 4.13 Å². The number of aromatic nitrogens is 1. The fourth-order valence-electron chi connectivity index (χ4n) is 1.18. The number of sulfonamides is 2. The van der Waals surface area contributed by atoms with E-state index in [1.807, 2.05) is 10.8 Å². The number of alkyl halides is 10. The van der Waals surface area contributed by atoms with E-state index in [1.54, 1.807) is 11.3 Å². The first-order chi connectivity index (χ1) is 13.0. The highest BCUT2D eigenvalue weighted by Crippen LogP contribution is 2.47. The maximum atomic E-state index is 12.3. The van der Waals surface area contributed by atoms with Crippen molar-refractivity contribution >= 4 is 37.6 Å². The third-order valence-corrected chi connectivity index (χ3v) is 7.25. The zero-order valence-corrected chi connectivity index (χ0v) is 16.8. The summed E-state index contributed by atoms with van der Waals surface area (Å²) in [5, 5.41) is -14.0. The van der Waals surface area contributed by atoms with Crippen LogP contribution in [0.1, 0.15) is 10.6 Å². The van der Waals surface area contributed by atoms with Crippen molar-refractivity contribution in [3.63, 3.8) is 0 Å². The van der Waals surface area contributed by atoms with Crippen molar-refractivity contribution in [2.75, 3.05) is 0 Å². The molecule has 0 radical (unpaired) electrons. The number of rotatable bonds is 5. The standard InChI is InChI=1S/C7H10NS.C4F10NO4S2/c1-4-8-5-9-7(3)6(8)2;5-1(6,7)3(11,12)20(16,17)15-21(18,19)4(13,14)2(8,9)10/h4-5H,1H2,2-3H3;/q+1;-1. The first-order valence-electron chi connectivity index (χ1n) is 6.67. The molecule has 0 unspecified atom stereocenters. The van der Waals surface area contributed by atoms with Crippen LogP contribution in [0.25, 0.3) is 10.3 Å². The molecule has 0 aliphatic rings. The number of thiazole rings is 1. The van der Waals surface area contributed by atoms with Crippen molar-refractivity contribution < 1.29 is 65.3 Å². The Bertz CT molecular complexity index is 924. The minimum atomic E-state index is -7.62. The predicted octanol–water partition coefficient (Wildman–Crippen LogP) is 4.08. The fraction of sp³-hybridized carbons (Fsp3) is 0.545. The molecular formula is C11H10F10N2O4S3. The fourth-order valence-corrected chi connectivity index (χ4v) is 4.34. The normalized spacial score (nSPS) is 14.1. The molecule has 1 rings (SSSR count).